The van der Waals surface area contributed by atoms with Crippen LogP contribution in [0.4, 0.5) is 21.0 Å². The number of nitrogens with zero attached hydrogens (tertiary/aromatic N) is 2. The van der Waals surface area contributed by atoms with Crippen LogP contribution in [0, 0.1) is 23.7 Å². The van der Waals surface area contributed by atoms with Gasteiger partial charge < -0.3 is 50.0 Å². The molecule has 16 nitrogen and oxygen atoms in total. The zero-order valence-electron chi connectivity index (χ0n) is 45.6. The van der Waals surface area contributed by atoms with E-state index in [1.165, 1.54) is 50.7 Å². The normalized spacial score (nSPS) is 29.6. The molecule has 5 fully saturated rings. The second-order valence-corrected chi connectivity index (χ2v) is 22.9. The summed E-state index contributed by atoms with van der Waals surface area (Å²) in [5.41, 5.74) is 6.90. The maximum atomic E-state index is 14.3. The van der Waals surface area contributed by atoms with Gasteiger partial charge in [-0.1, -0.05) is 73.2 Å². The predicted octanol–water partition coefficient (Wildman–Crippen LogP) is 9.52. The number of ether oxygens (including phenoxy) is 4. The van der Waals surface area contributed by atoms with E-state index >= 15 is 0 Å². The van der Waals surface area contributed by atoms with E-state index in [0.29, 0.717) is 42.0 Å². The highest BCUT2D eigenvalue weighted by Gasteiger charge is 2.51. The number of hydrogen-bond donors (Lipinski definition) is 4. The molecule has 0 spiro atoms. The third-order valence-electron chi connectivity index (χ3n) is 18.7. The molecule has 2 aromatic carbocycles. The van der Waals surface area contributed by atoms with E-state index in [0.717, 1.165) is 103 Å². The van der Waals surface area contributed by atoms with Gasteiger partial charge in [0.15, 0.2) is 0 Å². The number of hydrogen-bond acceptors (Lipinski definition) is 10. The molecule has 16 heteroatoms. The smallest absolute Gasteiger partial charge is 0.407 e. The number of allylic oxidation sites excluding steroid dienone is 4. The topological polar surface area (TPSA) is 194 Å². The number of rotatable bonds is 14. The molecular weight excluding hydrogens is 965 g/mol. The minimum Gasteiger partial charge on any atom is -0.453 e. The van der Waals surface area contributed by atoms with Crippen LogP contribution in [-0.4, -0.2) is 123 Å². The Hall–Kier alpha value is -5.74. The van der Waals surface area contributed by atoms with Gasteiger partial charge in [-0.3, -0.25) is 19.2 Å². The molecule has 412 valence electrons. The maximum absolute atomic E-state index is 14.3. The molecule has 14 atom stereocenters. The fraction of sp³-hybridized carbons (Fsp3) is 0.633. The van der Waals surface area contributed by atoms with Gasteiger partial charge in [0.2, 0.25) is 23.6 Å². The van der Waals surface area contributed by atoms with Crippen LogP contribution in [0.25, 0.3) is 0 Å². The standard InChI is InChI=1S/C60H82N6O10/c1-35(73-3)53(63-59(71)75-5)57(69)65-49-13-9-7-11-43(49)33-51(65)55(67)61-45-27-23-41(24-28-45)47-31-37-15-19-39(47)21-17-38-16-20-40(22-18-37)48(32-38)42-25-29-46(30-26-42)62-56(68)52-34-44-12-8-10-14-50(44)66(52)58(70)54(36(2)74-4)64-60(72)76-6/h19,23-30,32,35-37,40,43-44,47-54H,7-18,20-22,31,33-34H2,1-6H3,(H,61,67)(H,62,68)(H,63,71)(H,64,72)/t35-,36-,37+,40-,43+,44+,47-,48-,49+,50+,51+,52+,53+,54+/m1/s1. The van der Waals surface area contributed by atoms with Crippen molar-refractivity contribution in [3.8, 4) is 0 Å². The van der Waals surface area contributed by atoms with E-state index in [1.54, 1.807) is 23.6 Å². The Bertz CT molecular complexity index is 2480. The number of anilines is 2. The third kappa shape index (κ3) is 12.0. The minimum absolute atomic E-state index is 0.0774. The first-order chi connectivity index (χ1) is 36.8. The molecule has 12 rings (SSSR count). The summed E-state index contributed by atoms with van der Waals surface area (Å²) in [6.07, 6.45) is 19.9. The Balaban J connectivity index is 0.846. The molecule has 6 amide bonds. The van der Waals surface area contributed by atoms with Crippen LogP contribution in [0.1, 0.15) is 152 Å². The van der Waals surface area contributed by atoms with E-state index in [4.69, 9.17) is 18.9 Å². The molecule has 4 bridgehead atoms. The highest BCUT2D eigenvalue weighted by molar-refractivity contribution is 6.00. The van der Waals surface area contributed by atoms with E-state index in [-0.39, 0.29) is 53.5 Å². The lowest BCUT2D eigenvalue weighted by Gasteiger charge is -2.37. The van der Waals surface area contributed by atoms with Gasteiger partial charge in [-0.15, -0.1) is 0 Å². The van der Waals surface area contributed by atoms with Gasteiger partial charge in [0, 0.05) is 49.5 Å². The Morgan fingerprint density at radius 2 is 1.05 bits per heavy atom. The summed E-state index contributed by atoms with van der Waals surface area (Å²) in [5.74, 6) is 1.01. The molecule has 2 aliphatic heterocycles. The lowest BCUT2D eigenvalue weighted by Crippen LogP contribution is -2.58. The van der Waals surface area contributed by atoms with Crippen LogP contribution in [0.3, 0.4) is 0 Å². The summed E-state index contributed by atoms with van der Waals surface area (Å²) < 4.78 is 20.7. The molecule has 3 saturated carbocycles. The first-order valence-electron chi connectivity index (χ1n) is 28.4. The summed E-state index contributed by atoms with van der Waals surface area (Å²) in [6, 6.07) is 13.2. The largest absolute Gasteiger partial charge is 0.453 e. The number of alkyl carbamates (subject to hydrolysis) is 2. The van der Waals surface area contributed by atoms with E-state index in [1.807, 2.05) is 24.3 Å². The van der Waals surface area contributed by atoms with Gasteiger partial charge in [-0.2, -0.15) is 0 Å². The van der Waals surface area contributed by atoms with Crippen molar-refractivity contribution in [2.24, 2.45) is 23.7 Å². The van der Waals surface area contributed by atoms with Crippen LogP contribution in [-0.2, 0) is 38.1 Å². The van der Waals surface area contributed by atoms with Crippen molar-refractivity contribution < 1.29 is 47.7 Å². The van der Waals surface area contributed by atoms with Gasteiger partial charge in [-0.25, -0.2) is 9.59 Å². The lowest BCUT2D eigenvalue weighted by molar-refractivity contribution is -0.144. The average molecular weight is 1050 g/mol. The fourth-order valence-electron chi connectivity index (χ4n) is 14.4. The van der Waals surface area contributed by atoms with Crippen molar-refractivity contribution in [2.75, 3.05) is 39.1 Å². The number of fused-ring (bicyclic) bond motifs is 2. The summed E-state index contributed by atoms with van der Waals surface area (Å²) >= 11 is 0. The summed E-state index contributed by atoms with van der Waals surface area (Å²) in [6.45, 7) is 3.47. The van der Waals surface area contributed by atoms with Crippen molar-refractivity contribution in [2.45, 2.75) is 190 Å². The number of benzene rings is 2. The van der Waals surface area contributed by atoms with Crippen LogP contribution < -0.4 is 21.3 Å². The van der Waals surface area contributed by atoms with Crippen LogP contribution in [0.5, 0.6) is 0 Å². The zero-order valence-corrected chi connectivity index (χ0v) is 45.6. The first-order valence-corrected chi connectivity index (χ1v) is 28.4. The summed E-state index contributed by atoms with van der Waals surface area (Å²) in [5, 5.41) is 11.7. The molecule has 10 aliphatic rings. The van der Waals surface area contributed by atoms with Crippen molar-refractivity contribution in [1.82, 2.24) is 20.4 Å². The Kier molecular flexibility index (Phi) is 17.9. The van der Waals surface area contributed by atoms with Crippen LogP contribution in [0.15, 0.2) is 71.8 Å². The monoisotopic (exact) mass is 1050 g/mol. The minimum atomic E-state index is -0.996. The number of amides is 6. The lowest BCUT2D eigenvalue weighted by atomic mass is 9.69. The second-order valence-electron chi connectivity index (χ2n) is 22.9. The maximum Gasteiger partial charge on any atom is 0.407 e. The van der Waals surface area contributed by atoms with Crippen LogP contribution in [0.2, 0.25) is 0 Å². The highest BCUT2D eigenvalue weighted by atomic mass is 16.5. The zero-order chi connectivity index (χ0) is 53.6. The first kappa shape index (κ1) is 55.0. The Morgan fingerprint density at radius 1 is 0.553 bits per heavy atom. The van der Waals surface area contributed by atoms with Crippen molar-refractivity contribution in [3.05, 3.63) is 83.0 Å². The van der Waals surface area contributed by atoms with Gasteiger partial charge in [-0.05, 0) is 163 Å². The highest BCUT2D eigenvalue weighted by Crippen LogP contribution is 2.48. The Morgan fingerprint density at radius 3 is 1.55 bits per heavy atom. The summed E-state index contributed by atoms with van der Waals surface area (Å²) in [4.78, 5) is 85.2. The van der Waals surface area contributed by atoms with Gasteiger partial charge in [0.05, 0.1) is 26.4 Å². The molecule has 2 heterocycles. The molecule has 4 N–H and O–H groups in total. The molecule has 0 radical (unpaired) electrons. The molecule has 0 aromatic heterocycles. The van der Waals surface area contributed by atoms with E-state index in [2.05, 4.69) is 57.7 Å². The molecule has 2 saturated heterocycles. The quantitative estimate of drug-likeness (QED) is 0.132. The molecule has 2 aromatic rings. The molecule has 76 heavy (non-hydrogen) atoms. The second kappa shape index (κ2) is 24.7. The summed E-state index contributed by atoms with van der Waals surface area (Å²) in [7, 11) is 5.52. The number of likely N-dealkylation sites (tertiary alicyclic amines) is 2. The van der Waals surface area contributed by atoms with E-state index < -0.39 is 48.6 Å². The fourth-order valence-corrected chi connectivity index (χ4v) is 14.4. The number of carbonyl (C=O) groups is 6. The van der Waals surface area contributed by atoms with Gasteiger partial charge in [0.1, 0.15) is 24.2 Å². The van der Waals surface area contributed by atoms with Crippen LogP contribution >= 0.6 is 0 Å². The number of carbonyl (C=O) groups excluding carboxylic acids is 6. The van der Waals surface area contributed by atoms with Gasteiger partial charge in [0.25, 0.3) is 0 Å². The van der Waals surface area contributed by atoms with Crippen molar-refractivity contribution in [3.63, 3.8) is 0 Å². The Labute approximate surface area is 449 Å². The van der Waals surface area contributed by atoms with Crippen molar-refractivity contribution >= 4 is 47.2 Å². The van der Waals surface area contributed by atoms with Crippen molar-refractivity contribution in [1.29, 1.82) is 0 Å². The number of nitrogens with one attached hydrogen (secondary N) is 4. The predicted molar refractivity (Wildman–Crippen MR) is 289 cm³/mol. The molecular formula is C60H82N6O10. The van der Waals surface area contributed by atoms with Gasteiger partial charge >= 0.3 is 12.2 Å². The SMILES string of the molecule is COC(=O)N[C@H](C(=O)N1[C@H](C(=O)Nc2ccc([C@@H]3C[C@H]4CC=C3CCC3=C[C@@H](c5ccc(NC(=O)[C@@H]6C[C@@H]7CCCC[C@@H]7N6C(=O)[C@@H](NC(=O)OC)[C@@H](C)OC)cc5)[C@H](CC3)CC4)cc2)C[C@@H]2CCCC[C@@H]21)[C@@H](C)OC. The third-order valence-corrected chi connectivity index (χ3v) is 18.7. The average Bonchev–Trinajstić information content (AvgIpc) is 4.09. The molecule has 8 aliphatic carbocycles. The van der Waals surface area contributed by atoms with E-state index in [9.17, 15) is 28.8 Å². The molecule has 0 unspecified atom stereocenters. The number of methoxy groups -OCH3 is 4.